The summed E-state index contributed by atoms with van der Waals surface area (Å²) in [6.07, 6.45) is 2.58. The molecular formula is C16H17NOS. The van der Waals surface area contributed by atoms with E-state index < -0.39 is 11.0 Å². The monoisotopic (exact) mass is 271 g/mol. The van der Waals surface area contributed by atoms with E-state index >= 15 is 0 Å². The third-order valence-corrected chi connectivity index (χ3v) is 4.01. The third kappa shape index (κ3) is 3.88. The molecule has 0 heterocycles. The van der Waals surface area contributed by atoms with Crippen LogP contribution in [0.3, 0.4) is 0 Å². The lowest BCUT2D eigenvalue weighted by Gasteiger charge is -2.17. The summed E-state index contributed by atoms with van der Waals surface area (Å²) in [5, 5.41) is 0. The topological polar surface area (TPSA) is 29.1 Å². The summed E-state index contributed by atoms with van der Waals surface area (Å²) in [6, 6.07) is 19.4. The Bertz CT molecular complexity index is 539. The molecule has 0 radical (unpaired) electrons. The van der Waals surface area contributed by atoms with Crippen molar-refractivity contribution in [2.45, 2.75) is 17.4 Å². The van der Waals surface area contributed by atoms with Crippen molar-refractivity contribution in [1.29, 1.82) is 0 Å². The quantitative estimate of drug-likeness (QED) is 0.799. The van der Waals surface area contributed by atoms with E-state index in [4.69, 9.17) is 0 Å². The van der Waals surface area contributed by atoms with Crippen molar-refractivity contribution in [1.82, 2.24) is 4.72 Å². The van der Waals surface area contributed by atoms with Gasteiger partial charge in [0, 0.05) is 6.04 Å². The lowest BCUT2D eigenvalue weighted by molar-refractivity contribution is 0.631. The average Bonchev–Trinajstić information content (AvgIpc) is 2.48. The first-order valence-electron chi connectivity index (χ1n) is 6.20. The zero-order valence-electron chi connectivity index (χ0n) is 10.7. The molecule has 0 aliphatic rings. The molecule has 0 fully saturated rings. The summed E-state index contributed by atoms with van der Waals surface area (Å²) >= 11 is 0. The number of benzene rings is 2. The maximum Gasteiger partial charge on any atom is 0.125 e. The van der Waals surface area contributed by atoms with Gasteiger partial charge in [-0.25, -0.2) is 8.93 Å². The lowest BCUT2D eigenvalue weighted by Crippen LogP contribution is -2.23. The SMILES string of the molecule is C=CC[C@@H](NS(=O)c1ccccc1)c1ccccc1. The van der Waals surface area contributed by atoms with Gasteiger partial charge >= 0.3 is 0 Å². The largest absolute Gasteiger partial charge is 0.237 e. The molecule has 0 amide bonds. The van der Waals surface area contributed by atoms with Gasteiger partial charge in [-0.3, -0.25) is 0 Å². The van der Waals surface area contributed by atoms with Crippen molar-refractivity contribution in [2.24, 2.45) is 0 Å². The average molecular weight is 271 g/mol. The summed E-state index contributed by atoms with van der Waals surface area (Å²) in [5.74, 6) is 0. The fourth-order valence-corrected chi connectivity index (χ4v) is 2.88. The first kappa shape index (κ1) is 13.7. The standard InChI is InChI=1S/C16H17NOS/c1-2-9-16(14-10-5-3-6-11-14)17-19(18)15-12-7-4-8-13-15/h2-8,10-13,16-17H,1,9H2/t16-,19?/m1/s1. The molecule has 2 aromatic carbocycles. The van der Waals surface area contributed by atoms with E-state index in [2.05, 4.69) is 11.3 Å². The first-order chi connectivity index (χ1) is 9.31. The molecule has 1 N–H and O–H groups in total. The smallest absolute Gasteiger partial charge is 0.125 e. The van der Waals surface area contributed by atoms with Crippen LogP contribution in [-0.2, 0) is 11.0 Å². The number of nitrogens with one attached hydrogen (secondary N) is 1. The molecule has 0 aromatic heterocycles. The Morgan fingerprint density at radius 1 is 1.05 bits per heavy atom. The minimum atomic E-state index is -1.21. The maximum absolute atomic E-state index is 12.3. The molecule has 2 rings (SSSR count). The van der Waals surface area contributed by atoms with E-state index in [0.717, 1.165) is 16.9 Å². The molecule has 2 atom stereocenters. The van der Waals surface area contributed by atoms with Crippen molar-refractivity contribution in [3.05, 3.63) is 78.9 Å². The molecule has 3 heteroatoms. The van der Waals surface area contributed by atoms with Crippen LogP contribution in [0.25, 0.3) is 0 Å². The Morgan fingerprint density at radius 2 is 1.63 bits per heavy atom. The fourth-order valence-electron chi connectivity index (χ4n) is 1.85. The van der Waals surface area contributed by atoms with Gasteiger partial charge in [0.05, 0.1) is 4.90 Å². The van der Waals surface area contributed by atoms with Crippen LogP contribution in [0.4, 0.5) is 0 Å². The molecule has 19 heavy (non-hydrogen) atoms. The zero-order valence-corrected chi connectivity index (χ0v) is 11.5. The fraction of sp³-hybridized carbons (Fsp3) is 0.125. The minimum Gasteiger partial charge on any atom is -0.237 e. The van der Waals surface area contributed by atoms with Crippen LogP contribution in [0.15, 0.2) is 78.2 Å². The van der Waals surface area contributed by atoms with E-state index in [0.29, 0.717) is 0 Å². The summed E-state index contributed by atoms with van der Waals surface area (Å²) in [7, 11) is -1.21. The number of rotatable bonds is 6. The van der Waals surface area contributed by atoms with Gasteiger partial charge in [-0.05, 0) is 24.1 Å². The Morgan fingerprint density at radius 3 is 2.21 bits per heavy atom. The van der Waals surface area contributed by atoms with Crippen LogP contribution in [0.5, 0.6) is 0 Å². The second-order valence-electron chi connectivity index (χ2n) is 4.19. The minimum absolute atomic E-state index is 0.0136. The van der Waals surface area contributed by atoms with Crippen LogP contribution in [0, 0.1) is 0 Å². The highest BCUT2D eigenvalue weighted by Gasteiger charge is 2.13. The van der Waals surface area contributed by atoms with Crippen LogP contribution >= 0.6 is 0 Å². The molecule has 0 bridgehead atoms. The molecule has 1 unspecified atom stereocenters. The normalized spacial score (nSPS) is 13.7. The van der Waals surface area contributed by atoms with Gasteiger partial charge in [-0.15, -0.1) is 6.58 Å². The predicted octanol–water partition coefficient (Wildman–Crippen LogP) is 3.62. The number of hydrogen-bond donors (Lipinski definition) is 1. The molecule has 0 saturated heterocycles. The molecule has 2 aromatic rings. The van der Waals surface area contributed by atoms with Crippen molar-refractivity contribution in [2.75, 3.05) is 0 Å². The highest BCUT2D eigenvalue weighted by Crippen LogP contribution is 2.18. The van der Waals surface area contributed by atoms with Crippen molar-refractivity contribution < 1.29 is 4.21 Å². The summed E-state index contributed by atoms with van der Waals surface area (Å²) in [6.45, 7) is 3.77. The van der Waals surface area contributed by atoms with Gasteiger partial charge in [0.15, 0.2) is 0 Å². The summed E-state index contributed by atoms with van der Waals surface area (Å²) in [5.41, 5.74) is 1.12. The van der Waals surface area contributed by atoms with Gasteiger partial charge < -0.3 is 0 Å². The van der Waals surface area contributed by atoms with E-state index in [-0.39, 0.29) is 6.04 Å². The highest BCUT2D eigenvalue weighted by atomic mass is 32.2. The predicted molar refractivity (Wildman–Crippen MR) is 80.0 cm³/mol. The van der Waals surface area contributed by atoms with Crippen molar-refractivity contribution in [3.8, 4) is 0 Å². The van der Waals surface area contributed by atoms with E-state index in [1.807, 2.05) is 66.7 Å². The second-order valence-corrected chi connectivity index (χ2v) is 5.43. The molecule has 0 aliphatic heterocycles. The Kier molecular flexibility index (Phi) is 5.07. The maximum atomic E-state index is 12.3. The molecule has 2 nitrogen and oxygen atoms in total. The Balaban J connectivity index is 2.14. The lowest BCUT2D eigenvalue weighted by atomic mass is 10.1. The second kappa shape index (κ2) is 7.02. The molecule has 98 valence electrons. The Hall–Kier alpha value is -1.71. The first-order valence-corrected chi connectivity index (χ1v) is 7.35. The van der Waals surface area contributed by atoms with Gasteiger partial charge in [0.25, 0.3) is 0 Å². The molecule has 0 saturated carbocycles. The Labute approximate surface area is 116 Å². The highest BCUT2D eigenvalue weighted by molar-refractivity contribution is 7.83. The van der Waals surface area contributed by atoms with Crippen LogP contribution in [0.2, 0.25) is 0 Å². The molecular weight excluding hydrogens is 254 g/mol. The third-order valence-electron chi connectivity index (χ3n) is 2.81. The van der Waals surface area contributed by atoms with Gasteiger partial charge in [-0.2, -0.15) is 0 Å². The molecule has 0 spiro atoms. The van der Waals surface area contributed by atoms with E-state index in [9.17, 15) is 4.21 Å². The van der Waals surface area contributed by atoms with Crippen LogP contribution in [0.1, 0.15) is 18.0 Å². The van der Waals surface area contributed by atoms with Crippen LogP contribution < -0.4 is 4.72 Å². The van der Waals surface area contributed by atoms with Gasteiger partial charge in [0.1, 0.15) is 11.0 Å². The van der Waals surface area contributed by atoms with Gasteiger partial charge in [0.2, 0.25) is 0 Å². The zero-order chi connectivity index (χ0) is 13.5. The summed E-state index contributed by atoms with van der Waals surface area (Å²) in [4.78, 5) is 0.785. The van der Waals surface area contributed by atoms with E-state index in [1.54, 1.807) is 0 Å². The van der Waals surface area contributed by atoms with E-state index in [1.165, 1.54) is 0 Å². The van der Waals surface area contributed by atoms with Crippen molar-refractivity contribution >= 4 is 11.0 Å². The number of hydrogen-bond acceptors (Lipinski definition) is 1. The van der Waals surface area contributed by atoms with Crippen LogP contribution in [-0.4, -0.2) is 4.21 Å². The molecule has 0 aliphatic carbocycles. The van der Waals surface area contributed by atoms with Gasteiger partial charge in [-0.1, -0.05) is 54.6 Å². The van der Waals surface area contributed by atoms with Crippen molar-refractivity contribution in [3.63, 3.8) is 0 Å². The summed E-state index contributed by atoms with van der Waals surface area (Å²) < 4.78 is 15.4.